The molecular weight excluding hydrogens is 218 g/mol. The molecule has 2 aromatic rings. The van der Waals surface area contributed by atoms with Gasteiger partial charge in [-0.25, -0.2) is 10.8 Å². The lowest BCUT2D eigenvalue weighted by Crippen LogP contribution is -2.30. The number of nitrogens with one attached hydrogen (secondary N) is 1. The summed E-state index contributed by atoms with van der Waals surface area (Å²) in [5.41, 5.74) is 2.48. The number of aryl methyl sites for hydroxylation is 1. The molecule has 1 amide bonds. The summed E-state index contributed by atoms with van der Waals surface area (Å²) in [5, 5.41) is 6.28. The van der Waals surface area contributed by atoms with Crippen molar-refractivity contribution in [1.82, 2.24) is 20.6 Å². The standard InChI is InChI=1S/C7H7N5O2S/c1-3-9-4(2-15-3)5-10-7(14-12-5)6(13)11-8/h2H,8H2,1H3,(H,11,13). The first kappa shape index (κ1) is 9.74. The molecule has 0 spiro atoms. The van der Waals surface area contributed by atoms with Crippen LogP contribution in [0.1, 0.15) is 15.7 Å². The normalized spacial score (nSPS) is 10.3. The topological polar surface area (TPSA) is 107 Å². The van der Waals surface area contributed by atoms with Crippen molar-refractivity contribution in [2.45, 2.75) is 6.92 Å². The molecule has 0 unspecified atom stereocenters. The summed E-state index contributed by atoms with van der Waals surface area (Å²) in [6.45, 7) is 1.86. The first-order valence-electron chi connectivity index (χ1n) is 3.98. The van der Waals surface area contributed by atoms with Gasteiger partial charge in [0.2, 0.25) is 5.82 Å². The van der Waals surface area contributed by atoms with Crippen molar-refractivity contribution in [2.24, 2.45) is 5.84 Å². The number of nitrogens with zero attached hydrogens (tertiary/aromatic N) is 3. The van der Waals surface area contributed by atoms with E-state index in [2.05, 4.69) is 15.1 Å². The Morgan fingerprint density at radius 3 is 3.00 bits per heavy atom. The van der Waals surface area contributed by atoms with Crippen molar-refractivity contribution < 1.29 is 9.32 Å². The van der Waals surface area contributed by atoms with E-state index in [0.29, 0.717) is 5.69 Å². The zero-order valence-corrected chi connectivity index (χ0v) is 8.54. The van der Waals surface area contributed by atoms with Crippen LogP contribution in [0, 0.1) is 6.92 Å². The highest BCUT2D eigenvalue weighted by atomic mass is 32.1. The number of rotatable bonds is 2. The highest BCUT2D eigenvalue weighted by Gasteiger charge is 2.16. The van der Waals surface area contributed by atoms with Gasteiger partial charge in [0.15, 0.2) is 0 Å². The third-order valence-corrected chi connectivity index (χ3v) is 2.37. The van der Waals surface area contributed by atoms with Crippen LogP contribution in [0.15, 0.2) is 9.90 Å². The fourth-order valence-electron chi connectivity index (χ4n) is 0.948. The lowest BCUT2D eigenvalue weighted by atomic mass is 10.5. The van der Waals surface area contributed by atoms with Crippen LogP contribution in [0.3, 0.4) is 0 Å². The van der Waals surface area contributed by atoms with Crippen LogP contribution in [0.25, 0.3) is 11.5 Å². The molecule has 8 heteroatoms. The minimum atomic E-state index is -0.624. The minimum absolute atomic E-state index is 0.182. The van der Waals surface area contributed by atoms with Gasteiger partial charge in [0.05, 0.1) is 5.01 Å². The van der Waals surface area contributed by atoms with E-state index in [-0.39, 0.29) is 11.7 Å². The van der Waals surface area contributed by atoms with Crippen molar-refractivity contribution in [3.8, 4) is 11.5 Å². The summed E-state index contributed by atoms with van der Waals surface area (Å²) in [6.07, 6.45) is 0. The van der Waals surface area contributed by atoms with Gasteiger partial charge in [-0.3, -0.25) is 10.2 Å². The fraction of sp³-hybridized carbons (Fsp3) is 0.143. The number of thiazole rings is 1. The maximum Gasteiger partial charge on any atom is 0.323 e. The zero-order chi connectivity index (χ0) is 10.8. The number of carbonyl (C=O) groups excluding carboxylic acids is 1. The van der Waals surface area contributed by atoms with Gasteiger partial charge >= 0.3 is 11.8 Å². The molecule has 2 aromatic heterocycles. The van der Waals surface area contributed by atoms with Crippen LogP contribution in [0.5, 0.6) is 0 Å². The van der Waals surface area contributed by atoms with Crippen molar-refractivity contribution in [3.05, 3.63) is 16.3 Å². The summed E-state index contributed by atoms with van der Waals surface area (Å²) in [7, 11) is 0. The average Bonchev–Trinajstić information content (AvgIpc) is 2.84. The third-order valence-electron chi connectivity index (χ3n) is 1.60. The van der Waals surface area contributed by atoms with E-state index in [4.69, 9.17) is 10.4 Å². The maximum absolute atomic E-state index is 11.0. The SMILES string of the molecule is Cc1nc(-c2noc(C(=O)NN)n2)cs1. The van der Waals surface area contributed by atoms with E-state index in [9.17, 15) is 4.79 Å². The first-order valence-corrected chi connectivity index (χ1v) is 4.86. The largest absolute Gasteiger partial charge is 0.328 e. The summed E-state index contributed by atoms with van der Waals surface area (Å²) >= 11 is 1.46. The zero-order valence-electron chi connectivity index (χ0n) is 7.72. The number of hydrazine groups is 1. The molecule has 2 heterocycles. The Labute approximate surface area is 88.3 Å². The number of hydrogen-bond donors (Lipinski definition) is 2. The summed E-state index contributed by atoms with van der Waals surface area (Å²) in [6, 6.07) is 0. The van der Waals surface area contributed by atoms with Crippen LogP contribution in [-0.2, 0) is 0 Å². The van der Waals surface area contributed by atoms with Crippen molar-refractivity contribution in [2.75, 3.05) is 0 Å². The lowest BCUT2D eigenvalue weighted by molar-refractivity contribution is 0.0910. The molecule has 0 aromatic carbocycles. The first-order chi connectivity index (χ1) is 7.20. The van der Waals surface area contributed by atoms with Crippen LogP contribution < -0.4 is 11.3 Å². The molecule has 0 aliphatic carbocycles. The molecule has 0 bridgehead atoms. The number of amides is 1. The monoisotopic (exact) mass is 225 g/mol. The predicted molar refractivity (Wildman–Crippen MR) is 51.8 cm³/mol. The predicted octanol–water partition coefficient (Wildman–Crippen LogP) is 0.105. The fourth-order valence-corrected chi connectivity index (χ4v) is 1.54. The van der Waals surface area contributed by atoms with Crippen LogP contribution in [0.2, 0.25) is 0 Å². The van der Waals surface area contributed by atoms with Gasteiger partial charge in [-0.2, -0.15) is 4.98 Å². The van der Waals surface area contributed by atoms with Gasteiger partial charge in [0.1, 0.15) is 5.69 Å². The van der Waals surface area contributed by atoms with E-state index >= 15 is 0 Å². The van der Waals surface area contributed by atoms with Gasteiger partial charge in [0, 0.05) is 5.38 Å². The molecule has 0 radical (unpaired) electrons. The number of carbonyl (C=O) groups is 1. The van der Waals surface area contributed by atoms with Gasteiger partial charge in [0.25, 0.3) is 0 Å². The second-order valence-electron chi connectivity index (χ2n) is 2.65. The van der Waals surface area contributed by atoms with Crippen LogP contribution >= 0.6 is 11.3 Å². The Hall–Kier alpha value is -1.80. The second-order valence-corrected chi connectivity index (χ2v) is 3.71. The van der Waals surface area contributed by atoms with E-state index in [0.717, 1.165) is 5.01 Å². The second kappa shape index (κ2) is 3.75. The van der Waals surface area contributed by atoms with Crippen LogP contribution in [-0.4, -0.2) is 21.0 Å². The van der Waals surface area contributed by atoms with Gasteiger partial charge in [-0.15, -0.1) is 11.3 Å². The Bertz CT molecular complexity index is 491. The quantitative estimate of drug-likeness (QED) is 0.426. The molecule has 0 aliphatic heterocycles. The van der Waals surface area contributed by atoms with Gasteiger partial charge < -0.3 is 4.52 Å². The highest BCUT2D eigenvalue weighted by molar-refractivity contribution is 7.09. The molecule has 2 rings (SSSR count). The van der Waals surface area contributed by atoms with Gasteiger partial charge in [-0.1, -0.05) is 5.16 Å². The van der Waals surface area contributed by atoms with E-state index in [1.165, 1.54) is 11.3 Å². The molecule has 0 saturated heterocycles. The van der Waals surface area contributed by atoms with Crippen molar-refractivity contribution in [3.63, 3.8) is 0 Å². The van der Waals surface area contributed by atoms with E-state index in [1.807, 2.05) is 12.3 Å². The smallest absolute Gasteiger partial charge is 0.323 e. The third kappa shape index (κ3) is 1.85. The molecule has 3 N–H and O–H groups in total. The lowest BCUT2D eigenvalue weighted by Gasteiger charge is -1.87. The molecule has 15 heavy (non-hydrogen) atoms. The van der Waals surface area contributed by atoms with E-state index < -0.39 is 5.91 Å². The van der Waals surface area contributed by atoms with Crippen molar-refractivity contribution in [1.29, 1.82) is 0 Å². The van der Waals surface area contributed by atoms with Gasteiger partial charge in [-0.05, 0) is 6.92 Å². The number of hydrogen-bond acceptors (Lipinski definition) is 7. The molecule has 0 aliphatic rings. The summed E-state index contributed by atoms with van der Waals surface area (Å²) in [4.78, 5) is 19.0. The molecule has 0 saturated carbocycles. The number of nitrogens with two attached hydrogens (primary N) is 1. The molecule has 0 atom stereocenters. The molecule has 0 fully saturated rings. The Kier molecular flexibility index (Phi) is 2.44. The van der Waals surface area contributed by atoms with E-state index in [1.54, 1.807) is 5.38 Å². The summed E-state index contributed by atoms with van der Waals surface area (Å²) in [5.74, 6) is 4.38. The minimum Gasteiger partial charge on any atom is -0.328 e. The highest BCUT2D eigenvalue weighted by Crippen LogP contribution is 2.18. The number of nitrogen functional groups attached to an aromatic ring is 1. The van der Waals surface area contributed by atoms with Crippen LogP contribution in [0.4, 0.5) is 0 Å². The summed E-state index contributed by atoms with van der Waals surface area (Å²) < 4.78 is 4.69. The Balaban J connectivity index is 2.31. The molecule has 78 valence electrons. The average molecular weight is 225 g/mol. The van der Waals surface area contributed by atoms with Crippen molar-refractivity contribution >= 4 is 17.2 Å². The Morgan fingerprint density at radius 1 is 1.60 bits per heavy atom. The Morgan fingerprint density at radius 2 is 2.40 bits per heavy atom. The number of aromatic nitrogens is 3. The maximum atomic E-state index is 11.0. The molecular formula is C7H7N5O2S. The molecule has 7 nitrogen and oxygen atoms in total.